The van der Waals surface area contributed by atoms with Gasteiger partial charge < -0.3 is 19.5 Å². The minimum absolute atomic E-state index is 0.0505. The second kappa shape index (κ2) is 12.8. The van der Waals surface area contributed by atoms with Crippen LogP contribution in [0, 0.1) is 5.82 Å². The summed E-state index contributed by atoms with van der Waals surface area (Å²) in [6.07, 6.45) is 2.86. The van der Waals surface area contributed by atoms with Gasteiger partial charge in [0.15, 0.2) is 11.5 Å². The fraction of sp³-hybridized carbons (Fsp3) is 0.393. The summed E-state index contributed by atoms with van der Waals surface area (Å²) in [5.74, 6) is 1.62. The van der Waals surface area contributed by atoms with Gasteiger partial charge in [0.05, 0.1) is 19.3 Å². The second-order valence-electron chi connectivity index (χ2n) is 8.86. The summed E-state index contributed by atoms with van der Waals surface area (Å²) in [5, 5.41) is 8.60. The molecule has 0 bridgehead atoms. The number of esters is 1. The Morgan fingerprint density at radius 3 is 2.71 bits per heavy atom. The Bertz CT molecular complexity index is 1310. The topological polar surface area (TPSA) is 87.5 Å². The predicted molar refractivity (Wildman–Crippen MR) is 145 cm³/mol. The minimum atomic E-state index is -0.585. The summed E-state index contributed by atoms with van der Waals surface area (Å²) < 4.78 is 32.9. The maximum Gasteiger partial charge on any atom is 0.338 e. The number of carbonyl (C=O) groups is 1. The number of thioether (sulfide) groups is 1. The lowest BCUT2D eigenvalue weighted by Gasteiger charge is -2.28. The largest absolute Gasteiger partial charge is 0.493 e. The van der Waals surface area contributed by atoms with E-state index in [9.17, 15) is 9.18 Å². The number of anilines is 1. The SMILES string of the molecule is CCCCSc1nc2n(n1)C(c1ccc(OCc3ccccc3F)c(OC)c1)C(C(=O)OCCC)=C(C)N2. The molecule has 3 aromatic rings. The highest BCUT2D eigenvalue weighted by Gasteiger charge is 2.35. The predicted octanol–water partition coefficient (Wildman–Crippen LogP) is 6.14. The molecule has 1 aliphatic rings. The quantitative estimate of drug-likeness (QED) is 0.167. The van der Waals surface area contributed by atoms with Gasteiger partial charge in [-0.05, 0) is 43.5 Å². The number of ether oxygens (including phenoxy) is 3. The summed E-state index contributed by atoms with van der Waals surface area (Å²) >= 11 is 1.58. The van der Waals surface area contributed by atoms with Gasteiger partial charge in [0.25, 0.3) is 0 Å². The molecular weight excluding hydrogens is 507 g/mol. The molecule has 0 saturated carbocycles. The normalized spacial score (nSPS) is 14.6. The van der Waals surface area contributed by atoms with Crippen LogP contribution in [0.25, 0.3) is 0 Å². The zero-order valence-corrected chi connectivity index (χ0v) is 22.9. The molecule has 2 heterocycles. The van der Waals surface area contributed by atoms with Crippen LogP contribution in [0.1, 0.15) is 57.2 Å². The molecule has 1 unspecified atom stereocenters. The molecule has 0 saturated heterocycles. The van der Waals surface area contributed by atoms with Crippen molar-refractivity contribution in [2.75, 3.05) is 24.8 Å². The molecule has 8 nitrogen and oxygen atoms in total. The van der Waals surface area contributed by atoms with Crippen LogP contribution in [-0.2, 0) is 16.1 Å². The molecule has 0 amide bonds. The van der Waals surface area contributed by atoms with Gasteiger partial charge >= 0.3 is 5.97 Å². The van der Waals surface area contributed by atoms with Gasteiger partial charge in [0.2, 0.25) is 11.1 Å². The van der Waals surface area contributed by atoms with E-state index in [1.54, 1.807) is 47.8 Å². The first kappa shape index (κ1) is 27.5. The molecule has 0 spiro atoms. The minimum Gasteiger partial charge on any atom is -0.493 e. The lowest BCUT2D eigenvalue weighted by atomic mass is 9.95. The number of fused-ring (bicyclic) bond motifs is 1. The highest BCUT2D eigenvalue weighted by molar-refractivity contribution is 7.99. The Morgan fingerprint density at radius 2 is 1.97 bits per heavy atom. The van der Waals surface area contributed by atoms with Crippen LogP contribution in [0.15, 0.2) is 58.9 Å². The number of hydrogen-bond acceptors (Lipinski definition) is 8. The molecule has 1 N–H and O–H groups in total. The number of nitrogens with zero attached hydrogens (tertiary/aromatic N) is 3. The van der Waals surface area contributed by atoms with E-state index in [4.69, 9.17) is 19.3 Å². The summed E-state index contributed by atoms with van der Waals surface area (Å²) in [6.45, 7) is 6.29. The van der Waals surface area contributed by atoms with E-state index in [0.29, 0.717) is 52.5 Å². The van der Waals surface area contributed by atoms with Crippen molar-refractivity contribution in [3.8, 4) is 11.5 Å². The number of methoxy groups -OCH3 is 1. The maximum atomic E-state index is 14.1. The Hall–Kier alpha value is -3.53. The zero-order chi connectivity index (χ0) is 27.1. The van der Waals surface area contributed by atoms with Crippen LogP contribution < -0.4 is 14.8 Å². The number of hydrogen-bond donors (Lipinski definition) is 1. The van der Waals surface area contributed by atoms with Crippen LogP contribution in [0.2, 0.25) is 0 Å². The fourth-order valence-electron chi connectivity index (χ4n) is 4.09. The number of nitrogens with one attached hydrogen (secondary N) is 1. The molecule has 10 heteroatoms. The third-order valence-corrected chi connectivity index (χ3v) is 6.99. The number of rotatable bonds is 12. The first-order valence-electron chi connectivity index (χ1n) is 12.7. The molecule has 4 rings (SSSR count). The van der Waals surface area contributed by atoms with Gasteiger partial charge in [-0.3, -0.25) is 0 Å². The van der Waals surface area contributed by atoms with Crippen LogP contribution in [0.5, 0.6) is 11.5 Å². The van der Waals surface area contributed by atoms with Crippen molar-refractivity contribution in [1.82, 2.24) is 14.8 Å². The second-order valence-corrected chi connectivity index (χ2v) is 9.92. The summed E-state index contributed by atoms with van der Waals surface area (Å²) in [6, 6.07) is 11.3. The van der Waals surface area contributed by atoms with Crippen molar-refractivity contribution in [3.63, 3.8) is 0 Å². The molecule has 1 atom stereocenters. The highest BCUT2D eigenvalue weighted by Crippen LogP contribution is 2.40. The summed E-state index contributed by atoms with van der Waals surface area (Å²) in [5.41, 5.74) is 2.29. The van der Waals surface area contributed by atoms with Gasteiger partial charge in [-0.2, -0.15) is 4.98 Å². The van der Waals surface area contributed by atoms with Crippen molar-refractivity contribution < 1.29 is 23.4 Å². The summed E-state index contributed by atoms with van der Waals surface area (Å²) in [4.78, 5) is 17.9. The van der Waals surface area contributed by atoms with Crippen molar-refractivity contribution in [2.45, 2.75) is 57.8 Å². The molecule has 0 fully saturated rings. The first-order chi connectivity index (χ1) is 18.5. The highest BCUT2D eigenvalue weighted by atomic mass is 32.2. The average molecular weight is 541 g/mol. The number of unbranched alkanes of at least 4 members (excludes halogenated alkanes) is 1. The smallest absolute Gasteiger partial charge is 0.338 e. The van der Waals surface area contributed by atoms with Gasteiger partial charge in [-0.25, -0.2) is 13.9 Å². The van der Waals surface area contributed by atoms with Gasteiger partial charge in [0.1, 0.15) is 18.5 Å². The zero-order valence-electron chi connectivity index (χ0n) is 22.1. The number of aromatic nitrogens is 3. The molecule has 202 valence electrons. The molecule has 1 aliphatic heterocycles. The molecule has 38 heavy (non-hydrogen) atoms. The Morgan fingerprint density at radius 1 is 1.16 bits per heavy atom. The standard InChI is InChI=1S/C28H33FN4O4S/c1-5-7-15-38-28-31-27-30-18(3)24(26(34)36-14-6-2)25(33(27)32-28)19-12-13-22(23(16-19)35-4)37-17-20-10-8-9-11-21(20)29/h8-13,16,25H,5-7,14-15,17H2,1-4H3,(H,30,31,32). The number of halogens is 1. The third kappa shape index (κ3) is 6.12. The van der Waals surface area contributed by atoms with Crippen molar-refractivity contribution in [3.05, 3.63) is 70.7 Å². The third-order valence-electron chi connectivity index (χ3n) is 6.06. The summed E-state index contributed by atoms with van der Waals surface area (Å²) in [7, 11) is 1.54. The number of carbonyl (C=O) groups excluding carboxylic acids is 1. The van der Waals surface area contributed by atoms with E-state index < -0.39 is 12.0 Å². The molecule has 1 aromatic heterocycles. The van der Waals surface area contributed by atoms with Gasteiger partial charge in [-0.1, -0.05) is 56.3 Å². The van der Waals surface area contributed by atoms with E-state index in [1.165, 1.54) is 6.07 Å². The molecule has 2 aromatic carbocycles. The van der Waals surface area contributed by atoms with E-state index >= 15 is 0 Å². The number of allylic oxidation sites excluding steroid dienone is 1. The average Bonchev–Trinajstić information content (AvgIpc) is 3.32. The van der Waals surface area contributed by atoms with Gasteiger partial charge in [0, 0.05) is 17.0 Å². The maximum absolute atomic E-state index is 14.1. The van der Waals surface area contributed by atoms with Crippen LogP contribution in [0.4, 0.5) is 10.3 Å². The van der Waals surface area contributed by atoms with Crippen LogP contribution in [-0.4, -0.2) is 40.2 Å². The van der Waals surface area contributed by atoms with Crippen LogP contribution >= 0.6 is 11.8 Å². The van der Waals surface area contributed by atoms with Crippen molar-refractivity contribution in [1.29, 1.82) is 0 Å². The van der Waals surface area contributed by atoms with E-state index in [0.717, 1.165) is 24.2 Å². The van der Waals surface area contributed by atoms with Crippen molar-refractivity contribution in [2.24, 2.45) is 0 Å². The molecule has 0 aliphatic carbocycles. The monoisotopic (exact) mass is 540 g/mol. The molecular formula is C28H33FN4O4S. The lowest BCUT2D eigenvalue weighted by molar-refractivity contribution is -0.139. The lowest BCUT2D eigenvalue weighted by Crippen LogP contribution is -2.29. The Labute approximate surface area is 226 Å². The van der Waals surface area contributed by atoms with Gasteiger partial charge in [-0.15, -0.1) is 5.10 Å². The Kier molecular flexibility index (Phi) is 9.28. The number of benzene rings is 2. The molecule has 0 radical (unpaired) electrons. The fourth-order valence-corrected chi connectivity index (χ4v) is 5.00. The van der Waals surface area contributed by atoms with E-state index in [-0.39, 0.29) is 12.4 Å². The Balaban J connectivity index is 1.69. The van der Waals surface area contributed by atoms with Crippen molar-refractivity contribution >= 4 is 23.7 Å². The van der Waals surface area contributed by atoms with E-state index in [1.807, 2.05) is 26.0 Å². The first-order valence-corrected chi connectivity index (χ1v) is 13.7. The van der Waals surface area contributed by atoms with Crippen LogP contribution in [0.3, 0.4) is 0 Å². The van der Waals surface area contributed by atoms with E-state index in [2.05, 4.69) is 17.2 Å².